The molecule has 74 valence electrons. The Bertz CT molecular complexity index is 387. The average molecular weight is 312 g/mol. The van der Waals surface area contributed by atoms with Crippen molar-refractivity contribution in [2.24, 2.45) is 0 Å². The zero-order valence-electron chi connectivity index (χ0n) is 6.77. The van der Waals surface area contributed by atoms with Gasteiger partial charge in [0.25, 0.3) is 6.43 Å². The van der Waals surface area contributed by atoms with E-state index in [0.717, 1.165) is 6.07 Å². The Morgan fingerprint density at radius 2 is 2.21 bits per heavy atom. The first kappa shape index (κ1) is 11.2. The highest BCUT2D eigenvalue weighted by molar-refractivity contribution is 14.1. The molecule has 0 N–H and O–H groups in total. The second-order valence-corrected chi connectivity index (χ2v) is 3.58. The monoisotopic (exact) mass is 312 g/mol. The summed E-state index contributed by atoms with van der Waals surface area (Å²) in [5.41, 5.74) is -0.708. The predicted molar refractivity (Wildman–Crippen MR) is 51.2 cm³/mol. The number of pyridine rings is 1. The van der Waals surface area contributed by atoms with E-state index in [1.54, 1.807) is 28.7 Å². The van der Waals surface area contributed by atoms with Crippen LogP contribution in [0.4, 0.5) is 13.2 Å². The van der Waals surface area contributed by atoms with Gasteiger partial charge in [-0.15, -0.1) is 0 Å². The van der Waals surface area contributed by atoms with Crippen molar-refractivity contribution in [2.75, 3.05) is 0 Å². The summed E-state index contributed by atoms with van der Waals surface area (Å²) in [6.07, 6.45) is -3.05. The van der Waals surface area contributed by atoms with Crippen LogP contribution in [0, 0.1) is 20.7 Å². The Hall–Kier alpha value is -0.840. The normalized spacial score (nSPS) is 10.3. The minimum atomic E-state index is -2.95. The van der Waals surface area contributed by atoms with E-state index in [4.69, 9.17) is 5.26 Å². The number of rotatable bonds is 2. The van der Waals surface area contributed by atoms with Gasteiger partial charge in [0.15, 0.2) is 5.82 Å². The fourth-order valence-corrected chi connectivity index (χ4v) is 1.46. The summed E-state index contributed by atoms with van der Waals surface area (Å²) in [6, 6.07) is 2.74. The summed E-state index contributed by atoms with van der Waals surface area (Å²) in [6.45, 7) is 0. The fraction of sp³-hybridized carbons (Fsp3) is 0.250. The van der Waals surface area contributed by atoms with Gasteiger partial charge in [0.2, 0.25) is 0 Å². The molecule has 1 rings (SSSR count). The topological polar surface area (TPSA) is 36.7 Å². The molecule has 0 atom stereocenters. The zero-order chi connectivity index (χ0) is 10.7. The van der Waals surface area contributed by atoms with Crippen LogP contribution in [-0.2, 0) is 6.42 Å². The molecular formula is C8H4F3IN2. The Morgan fingerprint density at radius 1 is 1.57 bits per heavy atom. The van der Waals surface area contributed by atoms with Gasteiger partial charge in [-0.1, -0.05) is 0 Å². The average Bonchev–Trinajstić information content (AvgIpc) is 2.09. The van der Waals surface area contributed by atoms with Crippen LogP contribution in [0.5, 0.6) is 0 Å². The smallest absolute Gasteiger partial charge is 0.247 e. The maximum Gasteiger partial charge on any atom is 0.283 e. The van der Waals surface area contributed by atoms with E-state index in [1.165, 1.54) is 0 Å². The van der Waals surface area contributed by atoms with E-state index in [0.29, 0.717) is 3.57 Å². The van der Waals surface area contributed by atoms with Crippen LogP contribution < -0.4 is 0 Å². The SMILES string of the molecule is N#CCc1nc(C(F)F)c(F)cc1I. The lowest BCUT2D eigenvalue weighted by Crippen LogP contribution is -2.02. The lowest BCUT2D eigenvalue weighted by atomic mass is 10.2. The lowest BCUT2D eigenvalue weighted by Gasteiger charge is -2.04. The van der Waals surface area contributed by atoms with Gasteiger partial charge in [-0.2, -0.15) is 5.26 Å². The van der Waals surface area contributed by atoms with Gasteiger partial charge in [0, 0.05) is 3.57 Å². The molecule has 0 bridgehead atoms. The van der Waals surface area contributed by atoms with Crippen molar-refractivity contribution in [3.05, 3.63) is 26.8 Å². The minimum absolute atomic E-state index is 0.0989. The Kier molecular flexibility index (Phi) is 3.69. The Balaban J connectivity index is 3.21. The Morgan fingerprint density at radius 3 is 2.71 bits per heavy atom. The van der Waals surface area contributed by atoms with E-state index >= 15 is 0 Å². The molecule has 1 heterocycles. The quantitative estimate of drug-likeness (QED) is 0.788. The van der Waals surface area contributed by atoms with Gasteiger partial charge in [0.05, 0.1) is 18.2 Å². The molecule has 14 heavy (non-hydrogen) atoms. The first-order valence-corrected chi connectivity index (χ1v) is 4.64. The summed E-state index contributed by atoms with van der Waals surface area (Å²) in [7, 11) is 0. The number of aromatic nitrogens is 1. The predicted octanol–water partition coefficient (Wildman–Crippen LogP) is 2.83. The molecule has 1 aromatic rings. The molecule has 0 aliphatic heterocycles. The minimum Gasteiger partial charge on any atom is -0.247 e. The molecule has 0 aliphatic rings. The first-order chi connectivity index (χ1) is 6.56. The number of nitriles is 1. The van der Waals surface area contributed by atoms with Gasteiger partial charge in [0.1, 0.15) is 5.69 Å². The molecule has 0 saturated heterocycles. The molecule has 0 unspecified atom stereocenters. The summed E-state index contributed by atoms with van der Waals surface area (Å²) in [5, 5.41) is 8.37. The second kappa shape index (κ2) is 4.59. The van der Waals surface area contributed by atoms with Crippen LogP contribution in [0.3, 0.4) is 0 Å². The zero-order valence-corrected chi connectivity index (χ0v) is 8.93. The van der Waals surface area contributed by atoms with Crippen molar-refractivity contribution < 1.29 is 13.2 Å². The standard InChI is InChI=1S/C8H4F3IN2/c9-4-3-5(12)6(1-2-13)14-7(4)8(10)11/h3,8H,1H2. The van der Waals surface area contributed by atoms with Crippen molar-refractivity contribution in [3.8, 4) is 6.07 Å². The van der Waals surface area contributed by atoms with Crippen molar-refractivity contribution in [1.82, 2.24) is 4.98 Å². The van der Waals surface area contributed by atoms with E-state index in [2.05, 4.69) is 4.98 Å². The fourth-order valence-electron chi connectivity index (χ4n) is 0.873. The van der Waals surface area contributed by atoms with Crippen LogP contribution in [0.15, 0.2) is 6.07 Å². The molecule has 0 aromatic carbocycles. The third kappa shape index (κ3) is 2.35. The molecule has 2 nitrogen and oxygen atoms in total. The van der Waals surface area contributed by atoms with Crippen LogP contribution in [0.25, 0.3) is 0 Å². The highest BCUT2D eigenvalue weighted by atomic mass is 127. The molecule has 0 saturated carbocycles. The maximum atomic E-state index is 12.9. The van der Waals surface area contributed by atoms with Gasteiger partial charge >= 0.3 is 0 Å². The van der Waals surface area contributed by atoms with Gasteiger partial charge in [-0.25, -0.2) is 18.2 Å². The first-order valence-electron chi connectivity index (χ1n) is 3.56. The summed E-state index contributed by atoms with van der Waals surface area (Å²) >= 11 is 1.75. The molecule has 0 fully saturated rings. The van der Waals surface area contributed by atoms with Crippen LogP contribution in [0.2, 0.25) is 0 Å². The summed E-state index contributed by atoms with van der Waals surface area (Å²) < 4.78 is 37.7. The van der Waals surface area contributed by atoms with Gasteiger partial charge < -0.3 is 0 Å². The van der Waals surface area contributed by atoms with E-state index in [9.17, 15) is 13.2 Å². The lowest BCUT2D eigenvalue weighted by molar-refractivity contribution is 0.140. The summed E-state index contributed by atoms with van der Waals surface area (Å²) in [4.78, 5) is 3.41. The number of halogens is 4. The van der Waals surface area contributed by atoms with E-state index in [1.807, 2.05) is 0 Å². The highest BCUT2D eigenvalue weighted by Crippen LogP contribution is 2.23. The van der Waals surface area contributed by atoms with Gasteiger partial charge in [-0.05, 0) is 28.7 Å². The van der Waals surface area contributed by atoms with Crippen molar-refractivity contribution in [1.29, 1.82) is 5.26 Å². The van der Waals surface area contributed by atoms with Crippen molar-refractivity contribution in [2.45, 2.75) is 12.8 Å². The Labute approximate surface area is 91.9 Å². The number of hydrogen-bond donors (Lipinski definition) is 0. The number of hydrogen-bond acceptors (Lipinski definition) is 2. The van der Waals surface area contributed by atoms with Crippen molar-refractivity contribution in [3.63, 3.8) is 0 Å². The number of nitrogens with zero attached hydrogens (tertiary/aromatic N) is 2. The molecular weight excluding hydrogens is 308 g/mol. The van der Waals surface area contributed by atoms with Crippen LogP contribution in [0.1, 0.15) is 17.8 Å². The molecule has 0 radical (unpaired) electrons. The van der Waals surface area contributed by atoms with Crippen molar-refractivity contribution >= 4 is 22.6 Å². The molecule has 0 amide bonds. The van der Waals surface area contributed by atoms with Gasteiger partial charge in [-0.3, -0.25) is 0 Å². The summed E-state index contributed by atoms with van der Waals surface area (Å²) in [5.74, 6) is -1.04. The van der Waals surface area contributed by atoms with E-state index < -0.39 is 17.9 Å². The molecule has 0 aliphatic carbocycles. The molecule has 0 spiro atoms. The third-order valence-electron chi connectivity index (χ3n) is 1.48. The largest absolute Gasteiger partial charge is 0.283 e. The van der Waals surface area contributed by atoms with Crippen LogP contribution >= 0.6 is 22.6 Å². The highest BCUT2D eigenvalue weighted by Gasteiger charge is 2.17. The molecule has 1 aromatic heterocycles. The number of alkyl halides is 2. The maximum absolute atomic E-state index is 12.9. The van der Waals surface area contributed by atoms with Crippen LogP contribution in [-0.4, -0.2) is 4.98 Å². The van der Waals surface area contributed by atoms with E-state index in [-0.39, 0.29) is 12.1 Å². The molecule has 6 heteroatoms. The second-order valence-electron chi connectivity index (χ2n) is 2.42. The third-order valence-corrected chi connectivity index (χ3v) is 2.42.